The van der Waals surface area contributed by atoms with Gasteiger partial charge in [-0.05, 0) is 54.0 Å². The lowest BCUT2D eigenvalue weighted by molar-refractivity contribution is -0.142. The van der Waals surface area contributed by atoms with Crippen LogP contribution in [0.2, 0.25) is 5.02 Å². The van der Waals surface area contributed by atoms with Crippen LogP contribution in [0.1, 0.15) is 55.2 Å². The third-order valence-electron chi connectivity index (χ3n) is 9.23. The average molecular weight is 710 g/mol. The van der Waals surface area contributed by atoms with Gasteiger partial charge in [-0.1, -0.05) is 135 Å². The number of ether oxygens (including phenoxy) is 1. The van der Waals surface area contributed by atoms with Crippen molar-refractivity contribution in [2.45, 2.75) is 69.9 Å². The minimum absolute atomic E-state index is 0.100. The topological polar surface area (TPSA) is 134 Å². The summed E-state index contributed by atoms with van der Waals surface area (Å²) in [5, 5.41) is 18.3. The molecule has 1 aliphatic carbocycles. The summed E-state index contributed by atoms with van der Waals surface area (Å²) < 4.78 is 5.54. The summed E-state index contributed by atoms with van der Waals surface area (Å²) >= 11 is 6.57. The molecule has 0 saturated heterocycles. The molecule has 3 amide bonds. The van der Waals surface area contributed by atoms with E-state index >= 15 is 0 Å². The number of amides is 3. The van der Waals surface area contributed by atoms with Gasteiger partial charge in [-0.3, -0.25) is 9.59 Å². The van der Waals surface area contributed by atoms with Crippen molar-refractivity contribution in [1.82, 2.24) is 10.6 Å². The van der Waals surface area contributed by atoms with Crippen LogP contribution in [-0.4, -0.2) is 41.1 Å². The maximum absolute atomic E-state index is 13.6. The standard InChI is InChI=1S/C41H44ClN3O6/c42-34-27-33(21-22-35(34)43-38(46)32(23-28-13-5-1-6-14-28)24-29-15-7-2-8-16-29)51-41(50)45-36(25-30-17-9-3-10-18-30)39(47)44-37(40(48)49)26-31-19-11-4-12-20-31/h1-2,4-8,11-16,19-22,27,30,32,36-37H,3,9-10,17-18,23-26H2,(H,43,46)(H,44,47)(H,45,50)(H,48,49)/t36-,37-/m0/s1. The lowest BCUT2D eigenvalue weighted by Crippen LogP contribution is -2.53. The van der Waals surface area contributed by atoms with Crippen molar-refractivity contribution in [2.24, 2.45) is 11.8 Å². The first-order valence-corrected chi connectivity index (χ1v) is 17.8. The molecule has 0 spiro atoms. The van der Waals surface area contributed by atoms with Gasteiger partial charge >= 0.3 is 12.1 Å². The Kier molecular flexibility index (Phi) is 13.6. The van der Waals surface area contributed by atoms with Crippen LogP contribution in [-0.2, 0) is 33.6 Å². The number of hydrogen-bond donors (Lipinski definition) is 4. The van der Waals surface area contributed by atoms with E-state index in [1.165, 1.54) is 12.1 Å². The molecule has 1 fully saturated rings. The number of carboxylic acids is 1. The molecule has 0 aromatic heterocycles. The highest BCUT2D eigenvalue weighted by atomic mass is 35.5. The maximum atomic E-state index is 13.6. The quantitative estimate of drug-likeness (QED) is 0.100. The number of carboxylic acid groups (broad SMARTS) is 1. The number of carbonyl (C=O) groups excluding carboxylic acids is 3. The molecular weight excluding hydrogens is 666 g/mol. The molecule has 0 bridgehead atoms. The van der Waals surface area contributed by atoms with Crippen molar-refractivity contribution in [3.05, 3.63) is 131 Å². The van der Waals surface area contributed by atoms with Crippen molar-refractivity contribution >= 4 is 41.2 Å². The fourth-order valence-corrected chi connectivity index (χ4v) is 6.76. The molecule has 4 aromatic carbocycles. The zero-order chi connectivity index (χ0) is 36.0. The zero-order valence-electron chi connectivity index (χ0n) is 28.4. The monoisotopic (exact) mass is 709 g/mol. The SMILES string of the molecule is O=C(N[C@@H](CC1CCCCC1)C(=O)N[C@@H](Cc1ccccc1)C(=O)O)Oc1ccc(NC(=O)C(Cc2ccccc2)Cc2ccccc2)c(Cl)c1. The van der Waals surface area contributed by atoms with Gasteiger partial charge in [0, 0.05) is 18.4 Å². The molecule has 1 aliphatic rings. The van der Waals surface area contributed by atoms with E-state index in [-0.39, 0.29) is 34.9 Å². The van der Waals surface area contributed by atoms with E-state index in [4.69, 9.17) is 16.3 Å². The second-order valence-electron chi connectivity index (χ2n) is 13.1. The second-order valence-corrected chi connectivity index (χ2v) is 13.5. The van der Waals surface area contributed by atoms with Crippen molar-refractivity contribution in [3.8, 4) is 5.75 Å². The third kappa shape index (κ3) is 11.7. The van der Waals surface area contributed by atoms with E-state index in [1.807, 2.05) is 66.7 Å². The molecule has 4 aromatic rings. The summed E-state index contributed by atoms with van der Waals surface area (Å²) in [5.41, 5.74) is 3.22. The summed E-state index contributed by atoms with van der Waals surface area (Å²) in [4.78, 5) is 52.3. The second kappa shape index (κ2) is 18.7. The Morgan fingerprint density at radius 1 is 0.686 bits per heavy atom. The highest BCUT2D eigenvalue weighted by Gasteiger charge is 2.30. The van der Waals surface area contributed by atoms with E-state index < -0.39 is 30.1 Å². The first-order valence-electron chi connectivity index (χ1n) is 17.5. The normalized spacial score (nSPS) is 14.2. The molecule has 0 unspecified atom stereocenters. The minimum Gasteiger partial charge on any atom is -0.480 e. The molecule has 51 heavy (non-hydrogen) atoms. The van der Waals surface area contributed by atoms with Crippen molar-refractivity contribution in [2.75, 3.05) is 5.32 Å². The number of nitrogens with one attached hydrogen (secondary N) is 3. The van der Waals surface area contributed by atoms with E-state index in [1.54, 1.807) is 30.3 Å². The third-order valence-corrected chi connectivity index (χ3v) is 9.54. The number of benzene rings is 4. The van der Waals surface area contributed by atoms with Crippen molar-refractivity contribution < 1.29 is 29.0 Å². The van der Waals surface area contributed by atoms with E-state index in [9.17, 15) is 24.3 Å². The number of anilines is 1. The van der Waals surface area contributed by atoms with Gasteiger partial charge in [-0.25, -0.2) is 9.59 Å². The molecule has 1 saturated carbocycles. The molecular formula is C41H44ClN3O6. The summed E-state index contributed by atoms with van der Waals surface area (Å²) in [5.74, 6) is -1.99. The predicted molar refractivity (Wildman–Crippen MR) is 198 cm³/mol. The number of aliphatic carboxylic acids is 1. The molecule has 0 heterocycles. The van der Waals surface area contributed by atoms with Crippen molar-refractivity contribution in [1.29, 1.82) is 0 Å². The first kappa shape index (κ1) is 37.1. The van der Waals surface area contributed by atoms with Gasteiger partial charge < -0.3 is 25.8 Å². The van der Waals surface area contributed by atoms with Crippen LogP contribution in [0.15, 0.2) is 109 Å². The molecule has 0 radical (unpaired) electrons. The number of hydrogen-bond acceptors (Lipinski definition) is 5. The fraction of sp³-hybridized carbons (Fsp3) is 0.317. The highest BCUT2D eigenvalue weighted by molar-refractivity contribution is 6.33. The van der Waals surface area contributed by atoms with Gasteiger partial charge in [0.1, 0.15) is 17.8 Å². The van der Waals surface area contributed by atoms with Crippen LogP contribution in [0.5, 0.6) is 5.75 Å². The van der Waals surface area contributed by atoms with Crippen LogP contribution in [0, 0.1) is 11.8 Å². The lowest BCUT2D eigenvalue weighted by Gasteiger charge is -2.27. The maximum Gasteiger partial charge on any atom is 0.413 e. The summed E-state index contributed by atoms with van der Waals surface area (Å²) in [6.07, 6.45) is 5.70. The minimum atomic E-state index is -1.17. The summed E-state index contributed by atoms with van der Waals surface area (Å²) in [6.45, 7) is 0. The van der Waals surface area contributed by atoms with Gasteiger partial charge in [0.05, 0.1) is 10.7 Å². The van der Waals surface area contributed by atoms with Gasteiger partial charge in [-0.15, -0.1) is 0 Å². The Morgan fingerprint density at radius 3 is 1.76 bits per heavy atom. The van der Waals surface area contributed by atoms with Gasteiger partial charge in [-0.2, -0.15) is 0 Å². The van der Waals surface area contributed by atoms with E-state index in [0.717, 1.165) is 48.8 Å². The molecule has 5 rings (SSSR count). The van der Waals surface area contributed by atoms with Crippen LogP contribution in [0.4, 0.5) is 10.5 Å². The highest BCUT2D eigenvalue weighted by Crippen LogP contribution is 2.29. The van der Waals surface area contributed by atoms with Gasteiger partial charge in [0.2, 0.25) is 11.8 Å². The number of carbonyl (C=O) groups is 4. The largest absolute Gasteiger partial charge is 0.480 e. The fourth-order valence-electron chi connectivity index (χ4n) is 6.54. The Hall–Kier alpha value is -5.15. The van der Waals surface area contributed by atoms with E-state index in [2.05, 4.69) is 16.0 Å². The molecule has 10 heteroatoms. The Bertz CT molecular complexity index is 1710. The van der Waals surface area contributed by atoms with Crippen LogP contribution in [0.25, 0.3) is 0 Å². The summed E-state index contributed by atoms with van der Waals surface area (Å²) in [6, 6.07) is 31.0. The van der Waals surface area contributed by atoms with Crippen LogP contribution < -0.4 is 20.7 Å². The van der Waals surface area contributed by atoms with Gasteiger partial charge in [0.25, 0.3) is 0 Å². The Morgan fingerprint density at radius 2 is 1.24 bits per heavy atom. The van der Waals surface area contributed by atoms with Crippen LogP contribution >= 0.6 is 11.6 Å². The van der Waals surface area contributed by atoms with Crippen LogP contribution in [0.3, 0.4) is 0 Å². The molecule has 0 aliphatic heterocycles. The van der Waals surface area contributed by atoms with Crippen molar-refractivity contribution in [3.63, 3.8) is 0 Å². The molecule has 9 nitrogen and oxygen atoms in total. The average Bonchev–Trinajstić information content (AvgIpc) is 3.13. The Balaban J connectivity index is 1.23. The molecule has 2 atom stereocenters. The zero-order valence-corrected chi connectivity index (χ0v) is 29.2. The lowest BCUT2D eigenvalue weighted by atomic mass is 9.84. The Labute approximate surface area is 303 Å². The first-order chi connectivity index (χ1) is 24.7. The number of halogens is 1. The number of rotatable bonds is 15. The van der Waals surface area contributed by atoms with E-state index in [0.29, 0.717) is 24.9 Å². The smallest absolute Gasteiger partial charge is 0.413 e. The summed E-state index contributed by atoms with van der Waals surface area (Å²) in [7, 11) is 0. The molecule has 266 valence electrons. The van der Waals surface area contributed by atoms with Gasteiger partial charge in [0.15, 0.2) is 0 Å². The molecule has 4 N–H and O–H groups in total. The predicted octanol–water partition coefficient (Wildman–Crippen LogP) is 7.62.